The number of nitrogens with zero attached hydrogens (tertiary/aromatic N) is 3. The predicted molar refractivity (Wildman–Crippen MR) is 107 cm³/mol. The van der Waals surface area contributed by atoms with Gasteiger partial charge < -0.3 is 14.7 Å². The highest BCUT2D eigenvalue weighted by atomic mass is 19.1. The van der Waals surface area contributed by atoms with Gasteiger partial charge in [0.15, 0.2) is 0 Å². The Morgan fingerprint density at radius 2 is 1.64 bits per heavy atom. The molecule has 0 radical (unpaired) electrons. The number of hydrogen-bond acceptors (Lipinski definition) is 3. The van der Waals surface area contributed by atoms with Gasteiger partial charge in [-0.3, -0.25) is 9.59 Å². The Bertz CT molecular complexity index is 709. The van der Waals surface area contributed by atoms with Gasteiger partial charge >= 0.3 is 0 Å². The van der Waals surface area contributed by atoms with Crippen molar-refractivity contribution < 1.29 is 14.0 Å². The van der Waals surface area contributed by atoms with Gasteiger partial charge in [0.1, 0.15) is 5.82 Å². The summed E-state index contributed by atoms with van der Waals surface area (Å²) in [6.07, 6.45) is 7.39. The number of carbonyl (C=O) groups excluding carboxylic acids is 2. The van der Waals surface area contributed by atoms with Gasteiger partial charge in [-0.2, -0.15) is 0 Å². The van der Waals surface area contributed by atoms with Crippen LogP contribution < -0.4 is 4.90 Å². The minimum Gasteiger partial charge on any atom is -0.366 e. The molecule has 2 saturated heterocycles. The SMILES string of the molecule is O=C(C1CC(=O)N(C2CCCCCC2)C1)N1CCN(c2ccccc2F)CC1. The molecule has 1 aliphatic carbocycles. The van der Waals surface area contributed by atoms with Crippen LogP contribution in [0.2, 0.25) is 0 Å². The summed E-state index contributed by atoms with van der Waals surface area (Å²) in [5.74, 6) is -0.189. The van der Waals surface area contributed by atoms with Crippen LogP contribution in [0.4, 0.5) is 10.1 Å². The van der Waals surface area contributed by atoms with Crippen molar-refractivity contribution >= 4 is 17.5 Å². The third-order valence-corrected chi connectivity index (χ3v) is 6.56. The van der Waals surface area contributed by atoms with Gasteiger partial charge in [0.2, 0.25) is 11.8 Å². The Balaban J connectivity index is 1.33. The van der Waals surface area contributed by atoms with Gasteiger partial charge in [-0.05, 0) is 25.0 Å². The maximum Gasteiger partial charge on any atom is 0.228 e. The zero-order chi connectivity index (χ0) is 19.5. The van der Waals surface area contributed by atoms with Crippen LogP contribution in [0, 0.1) is 11.7 Å². The van der Waals surface area contributed by atoms with Crippen molar-refractivity contribution in [2.75, 3.05) is 37.6 Å². The molecule has 28 heavy (non-hydrogen) atoms. The number of hydrogen-bond donors (Lipinski definition) is 0. The number of rotatable bonds is 3. The number of anilines is 1. The van der Waals surface area contributed by atoms with E-state index in [-0.39, 0.29) is 23.5 Å². The molecule has 0 N–H and O–H groups in total. The van der Waals surface area contributed by atoms with E-state index in [4.69, 9.17) is 0 Å². The maximum absolute atomic E-state index is 14.0. The van der Waals surface area contributed by atoms with Gasteiger partial charge in [0.05, 0.1) is 11.6 Å². The molecule has 2 amide bonds. The molecule has 4 rings (SSSR count). The molecule has 5 nitrogen and oxygen atoms in total. The van der Waals surface area contributed by atoms with Crippen molar-refractivity contribution in [1.29, 1.82) is 0 Å². The highest BCUT2D eigenvalue weighted by Crippen LogP contribution is 2.29. The molecule has 152 valence electrons. The highest BCUT2D eigenvalue weighted by Gasteiger charge is 2.40. The van der Waals surface area contributed by atoms with E-state index < -0.39 is 0 Å². The summed E-state index contributed by atoms with van der Waals surface area (Å²) in [4.78, 5) is 31.4. The fourth-order valence-electron chi connectivity index (χ4n) is 4.95. The number of carbonyl (C=O) groups is 2. The lowest BCUT2D eigenvalue weighted by Gasteiger charge is -2.37. The topological polar surface area (TPSA) is 43.9 Å². The normalized spacial score (nSPS) is 24.5. The first-order chi connectivity index (χ1) is 13.6. The van der Waals surface area contributed by atoms with Crippen molar-refractivity contribution in [2.24, 2.45) is 5.92 Å². The summed E-state index contributed by atoms with van der Waals surface area (Å²) in [5.41, 5.74) is 0.602. The van der Waals surface area contributed by atoms with E-state index in [1.165, 1.54) is 31.7 Å². The zero-order valence-corrected chi connectivity index (χ0v) is 16.5. The molecule has 1 saturated carbocycles. The first-order valence-electron chi connectivity index (χ1n) is 10.7. The standard InChI is InChI=1S/C22H30FN3O2/c23-19-9-5-6-10-20(19)24-11-13-25(14-12-24)22(28)17-15-21(27)26(16-17)18-7-3-1-2-4-8-18/h5-6,9-10,17-18H,1-4,7-8,11-16H2. The molecular weight excluding hydrogens is 357 g/mol. The van der Waals surface area contributed by atoms with Gasteiger partial charge in [-0.15, -0.1) is 0 Å². The number of piperazine rings is 1. The van der Waals surface area contributed by atoms with Gasteiger partial charge in [0, 0.05) is 45.2 Å². The van der Waals surface area contributed by atoms with E-state index in [1.54, 1.807) is 12.1 Å². The van der Waals surface area contributed by atoms with E-state index in [2.05, 4.69) is 0 Å². The van der Waals surface area contributed by atoms with E-state index in [0.29, 0.717) is 50.9 Å². The van der Waals surface area contributed by atoms with Crippen molar-refractivity contribution in [3.63, 3.8) is 0 Å². The largest absolute Gasteiger partial charge is 0.366 e. The predicted octanol–water partition coefficient (Wildman–Crippen LogP) is 3.05. The van der Waals surface area contributed by atoms with Crippen LogP contribution in [-0.4, -0.2) is 60.4 Å². The van der Waals surface area contributed by atoms with Crippen molar-refractivity contribution in [3.8, 4) is 0 Å². The molecule has 1 unspecified atom stereocenters. The quantitative estimate of drug-likeness (QED) is 0.749. The maximum atomic E-state index is 14.0. The first kappa shape index (κ1) is 19.2. The zero-order valence-electron chi connectivity index (χ0n) is 16.5. The Morgan fingerprint density at radius 1 is 0.964 bits per heavy atom. The monoisotopic (exact) mass is 387 g/mol. The molecule has 0 spiro atoms. The number of para-hydroxylation sites is 1. The van der Waals surface area contributed by atoms with Crippen LogP contribution in [0.5, 0.6) is 0 Å². The van der Waals surface area contributed by atoms with Gasteiger partial charge in [-0.25, -0.2) is 4.39 Å². The van der Waals surface area contributed by atoms with E-state index >= 15 is 0 Å². The molecule has 3 aliphatic rings. The Hall–Kier alpha value is -2.11. The second-order valence-electron chi connectivity index (χ2n) is 8.36. The lowest BCUT2D eigenvalue weighted by molar-refractivity contribution is -0.136. The molecule has 0 aromatic heterocycles. The summed E-state index contributed by atoms with van der Waals surface area (Å²) in [6, 6.07) is 7.11. The lowest BCUT2D eigenvalue weighted by Crippen LogP contribution is -2.51. The molecule has 3 fully saturated rings. The van der Waals surface area contributed by atoms with Gasteiger partial charge in [-0.1, -0.05) is 37.8 Å². The fraction of sp³-hybridized carbons (Fsp3) is 0.636. The first-order valence-corrected chi connectivity index (χ1v) is 10.7. The van der Waals surface area contributed by atoms with Crippen molar-refractivity contribution in [1.82, 2.24) is 9.80 Å². The third kappa shape index (κ3) is 4.01. The molecule has 6 heteroatoms. The van der Waals surface area contributed by atoms with E-state index in [1.807, 2.05) is 20.8 Å². The summed E-state index contributed by atoms with van der Waals surface area (Å²) >= 11 is 0. The summed E-state index contributed by atoms with van der Waals surface area (Å²) < 4.78 is 14.0. The average Bonchev–Trinajstić information content (AvgIpc) is 2.92. The second kappa shape index (κ2) is 8.50. The molecular formula is C22H30FN3O2. The van der Waals surface area contributed by atoms with E-state index in [0.717, 1.165) is 12.8 Å². The van der Waals surface area contributed by atoms with Crippen molar-refractivity contribution in [3.05, 3.63) is 30.1 Å². The number of amides is 2. The second-order valence-corrected chi connectivity index (χ2v) is 8.36. The van der Waals surface area contributed by atoms with Crippen LogP contribution in [0.25, 0.3) is 0 Å². The molecule has 1 aromatic rings. The summed E-state index contributed by atoms with van der Waals surface area (Å²) in [7, 11) is 0. The summed E-state index contributed by atoms with van der Waals surface area (Å²) in [5, 5.41) is 0. The Labute approximate surface area is 166 Å². The number of benzene rings is 1. The molecule has 2 aliphatic heterocycles. The van der Waals surface area contributed by atoms with E-state index in [9.17, 15) is 14.0 Å². The highest BCUT2D eigenvalue weighted by molar-refractivity contribution is 5.89. The Kier molecular flexibility index (Phi) is 5.83. The molecule has 0 bridgehead atoms. The number of halogens is 1. The van der Waals surface area contributed by atoms with Gasteiger partial charge in [0.25, 0.3) is 0 Å². The molecule has 1 aromatic carbocycles. The van der Waals surface area contributed by atoms with Crippen molar-refractivity contribution in [2.45, 2.75) is 51.0 Å². The molecule has 1 atom stereocenters. The Morgan fingerprint density at radius 3 is 2.32 bits per heavy atom. The van der Waals surface area contributed by atoms with Crippen LogP contribution in [0.1, 0.15) is 44.9 Å². The minimum absolute atomic E-state index is 0.0951. The molecule has 2 heterocycles. The summed E-state index contributed by atoms with van der Waals surface area (Å²) in [6.45, 7) is 3.00. The minimum atomic E-state index is -0.220. The van der Waals surface area contributed by atoms with Crippen LogP contribution >= 0.6 is 0 Å². The van der Waals surface area contributed by atoms with Crippen LogP contribution in [0.3, 0.4) is 0 Å². The van der Waals surface area contributed by atoms with Crippen LogP contribution in [-0.2, 0) is 9.59 Å². The fourth-order valence-corrected chi connectivity index (χ4v) is 4.95. The van der Waals surface area contributed by atoms with Crippen LogP contribution in [0.15, 0.2) is 24.3 Å². The third-order valence-electron chi connectivity index (χ3n) is 6.56. The smallest absolute Gasteiger partial charge is 0.228 e. The average molecular weight is 387 g/mol. The number of likely N-dealkylation sites (tertiary alicyclic amines) is 1. The lowest BCUT2D eigenvalue weighted by atomic mass is 10.1.